The predicted molar refractivity (Wildman–Crippen MR) is 194 cm³/mol. The lowest BCUT2D eigenvalue weighted by atomic mass is 9.77. The highest BCUT2D eigenvalue weighted by molar-refractivity contribution is 5.92. The van der Waals surface area contributed by atoms with Gasteiger partial charge in [-0.15, -0.1) is 0 Å². The van der Waals surface area contributed by atoms with E-state index < -0.39 is 5.54 Å². The lowest BCUT2D eigenvalue weighted by Gasteiger charge is -2.36. The van der Waals surface area contributed by atoms with E-state index in [2.05, 4.69) is 146 Å². The Hall–Kier alpha value is -5.86. The number of ether oxygens (including phenoxy) is 1. The molecule has 8 rings (SSSR count). The van der Waals surface area contributed by atoms with Gasteiger partial charge < -0.3 is 9.64 Å². The summed E-state index contributed by atoms with van der Waals surface area (Å²) in [6, 6.07) is 42.4. The van der Waals surface area contributed by atoms with Gasteiger partial charge in [0.05, 0.1) is 18.8 Å². The maximum atomic E-state index is 5.49. The van der Waals surface area contributed by atoms with Crippen LogP contribution in [0.25, 0.3) is 22.0 Å². The fourth-order valence-corrected chi connectivity index (χ4v) is 7.15. The Bertz CT molecular complexity index is 2060. The normalized spacial score (nSPS) is 13.9. The number of fused-ring (bicyclic) bond motifs is 1. The predicted octanol–water partition coefficient (Wildman–Crippen LogP) is 7.06. The lowest BCUT2D eigenvalue weighted by Crippen LogP contribution is -2.46. The summed E-state index contributed by atoms with van der Waals surface area (Å²) >= 11 is 0. The van der Waals surface area contributed by atoms with E-state index in [0.717, 1.165) is 82.8 Å². The fourth-order valence-electron chi connectivity index (χ4n) is 7.15. The fraction of sp³-hybridized carbons (Fsp3) is 0.171. The Morgan fingerprint density at radius 1 is 0.673 bits per heavy atom. The van der Waals surface area contributed by atoms with Crippen molar-refractivity contribution in [3.63, 3.8) is 0 Å². The van der Waals surface area contributed by atoms with Crippen molar-refractivity contribution in [1.82, 2.24) is 29.6 Å². The third-order valence-electron chi connectivity index (χ3n) is 9.56. The van der Waals surface area contributed by atoms with Gasteiger partial charge in [0.15, 0.2) is 0 Å². The molecule has 0 radical (unpaired) electrons. The molecule has 0 atom stereocenters. The van der Waals surface area contributed by atoms with E-state index in [1.165, 1.54) is 0 Å². The van der Waals surface area contributed by atoms with Gasteiger partial charge in [-0.05, 0) is 40.5 Å². The minimum Gasteiger partial charge on any atom is -0.481 e. The minimum atomic E-state index is -0.674. The SMILES string of the molecule is COc1ncccc1CN1CCN(c2ncnc3ccc(-c4cnn(C(c5ccccc5)(c5ccccc5)c5ccccc5)c4)cc23)CC1. The smallest absolute Gasteiger partial charge is 0.217 e. The van der Waals surface area contributed by atoms with E-state index in [9.17, 15) is 0 Å². The standard InChI is InChI=1S/C41H37N7O/c1-49-40-32(12-11-21-42-40)28-46-22-24-47(25-23-46)39-37-26-31(19-20-38(37)43-30-44-39)33-27-45-48(29-33)41(34-13-5-2-6-14-34,35-15-7-3-8-16-35)36-17-9-4-10-18-36/h2-21,26-27,29-30H,22-25,28H2,1H3. The first kappa shape index (κ1) is 30.5. The molecule has 1 saturated heterocycles. The summed E-state index contributed by atoms with van der Waals surface area (Å²) in [7, 11) is 1.68. The Kier molecular flexibility index (Phi) is 8.29. The summed E-state index contributed by atoms with van der Waals surface area (Å²) in [5, 5.41) is 6.14. The number of pyridine rings is 1. The van der Waals surface area contributed by atoms with Crippen LogP contribution in [0.3, 0.4) is 0 Å². The first-order chi connectivity index (χ1) is 24.2. The van der Waals surface area contributed by atoms with Gasteiger partial charge >= 0.3 is 0 Å². The van der Waals surface area contributed by atoms with Crippen molar-refractivity contribution >= 4 is 16.7 Å². The van der Waals surface area contributed by atoms with Crippen LogP contribution in [0.1, 0.15) is 22.3 Å². The number of piperazine rings is 1. The van der Waals surface area contributed by atoms with Gasteiger partial charge in [0, 0.05) is 61.6 Å². The number of hydrogen-bond donors (Lipinski definition) is 0. The van der Waals surface area contributed by atoms with Crippen molar-refractivity contribution in [3.05, 3.63) is 168 Å². The van der Waals surface area contributed by atoms with Crippen LogP contribution in [-0.2, 0) is 12.1 Å². The van der Waals surface area contributed by atoms with Crippen molar-refractivity contribution in [1.29, 1.82) is 0 Å². The number of methoxy groups -OCH3 is 1. The van der Waals surface area contributed by atoms with Gasteiger partial charge in [-0.3, -0.25) is 9.58 Å². The second-order valence-electron chi connectivity index (χ2n) is 12.3. The average molecular weight is 644 g/mol. The van der Waals surface area contributed by atoms with Crippen molar-refractivity contribution in [2.75, 3.05) is 38.2 Å². The van der Waals surface area contributed by atoms with E-state index in [0.29, 0.717) is 5.88 Å². The molecular weight excluding hydrogens is 606 g/mol. The Morgan fingerprint density at radius 2 is 1.33 bits per heavy atom. The largest absolute Gasteiger partial charge is 0.481 e. The van der Waals surface area contributed by atoms with Crippen LogP contribution in [0.15, 0.2) is 146 Å². The zero-order valence-corrected chi connectivity index (χ0v) is 27.4. The number of hydrogen-bond acceptors (Lipinski definition) is 7. The molecular formula is C41H37N7O. The molecule has 7 aromatic rings. The highest BCUT2D eigenvalue weighted by Crippen LogP contribution is 2.41. The highest BCUT2D eigenvalue weighted by atomic mass is 16.5. The van der Waals surface area contributed by atoms with Crippen LogP contribution < -0.4 is 9.64 Å². The summed E-state index contributed by atoms with van der Waals surface area (Å²) in [5.74, 6) is 1.65. The number of benzene rings is 4. The third kappa shape index (κ3) is 5.70. The summed E-state index contributed by atoms with van der Waals surface area (Å²) in [6.45, 7) is 4.36. The maximum Gasteiger partial charge on any atom is 0.217 e. The molecule has 242 valence electrons. The van der Waals surface area contributed by atoms with Gasteiger partial charge in [-0.25, -0.2) is 15.0 Å². The third-order valence-corrected chi connectivity index (χ3v) is 9.56. The van der Waals surface area contributed by atoms with E-state index in [1.54, 1.807) is 19.6 Å². The molecule has 0 bridgehead atoms. The van der Waals surface area contributed by atoms with Crippen molar-refractivity contribution in [3.8, 4) is 17.0 Å². The number of aromatic nitrogens is 5. The molecule has 8 heteroatoms. The molecule has 4 heterocycles. The Morgan fingerprint density at radius 3 is 1.96 bits per heavy atom. The lowest BCUT2D eigenvalue weighted by molar-refractivity contribution is 0.244. The van der Waals surface area contributed by atoms with Crippen molar-refractivity contribution in [2.45, 2.75) is 12.1 Å². The molecule has 0 amide bonds. The van der Waals surface area contributed by atoms with Crippen LogP contribution in [0, 0.1) is 0 Å². The quantitative estimate of drug-likeness (QED) is 0.156. The molecule has 8 nitrogen and oxygen atoms in total. The maximum absolute atomic E-state index is 5.49. The molecule has 0 aliphatic carbocycles. The number of rotatable bonds is 9. The number of anilines is 1. The zero-order chi connectivity index (χ0) is 33.0. The molecule has 0 unspecified atom stereocenters. The van der Waals surface area contributed by atoms with Gasteiger partial charge in [-0.2, -0.15) is 5.10 Å². The molecule has 3 aromatic heterocycles. The molecule has 1 aliphatic rings. The van der Waals surface area contributed by atoms with E-state index in [1.807, 2.05) is 12.3 Å². The van der Waals surface area contributed by atoms with Gasteiger partial charge in [0.1, 0.15) is 17.7 Å². The summed E-state index contributed by atoms with van der Waals surface area (Å²) in [5.41, 5.74) is 6.86. The van der Waals surface area contributed by atoms with Gasteiger partial charge in [-0.1, -0.05) is 103 Å². The monoisotopic (exact) mass is 643 g/mol. The first-order valence-corrected chi connectivity index (χ1v) is 16.7. The Labute approximate surface area is 286 Å². The number of nitrogens with zero attached hydrogens (tertiary/aromatic N) is 7. The Balaban J connectivity index is 1.14. The van der Waals surface area contributed by atoms with Gasteiger partial charge in [0.25, 0.3) is 0 Å². The van der Waals surface area contributed by atoms with Crippen molar-refractivity contribution in [2.24, 2.45) is 0 Å². The summed E-state index contributed by atoms with van der Waals surface area (Å²) in [6.07, 6.45) is 7.59. The van der Waals surface area contributed by atoms with E-state index >= 15 is 0 Å². The van der Waals surface area contributed by atoms with E-state index in [4.69, 9.17) is 14.8 Å². The highest BCUT2D eigenvalue weighted by Gasteiger charge is 2.39. The second kappa shape index (κ2) is 13.3. The molecule has 1 aliphatic heterocycles. The average Bonchev–Trinajstić information content (AvgIpc) is 3.67. The van der Waals surface area contributed by atoms with Crippen LogP contribution in [0.4, 0.5) is 5.82 Å². The molecule has 0 saturated carbocycles. The van der Waals surface area contributed by atoms with E-state index in [-0.39, 0.29) is 0 Å². The van der Waals surface area contributed by atoms with Crippen LogP contribution >= 0.6 is 0 Å². The summed E-state index contributed by atoms with van der Waals surface area (Å²) < 4.78 is 7.61. The zero-order valence-electron chi connectivity index (χ0n) is 27.4. The molecule has 1 fully saturated rings. The topological polar surface area (TPSA) is 72.2 Å². The van der Waals surface area contributed by atoms with Crippen LogP contribution in [0.2, 0.25) is 0 Å². The second-order valence-corrected chi connectivity index (χ2v) is 12.3. The van der Waals surface area contributed by atoms with Crippen molar-refractivity contribution < 1.29 is 4.74 Å². The molecule has 49 heavy (non-hydrogen) atoms. The van der Waals surface area contributed by atoms with Crippen LogP contribution in [0.5, 0.6) is 5.88 Å². The minimum absolute atomic E-state index is 0.674. The molecule has 0 spiro atoms. The summed E-state index contributed by atoms with van der Waals surface area (Å²) in [4.78, 5) is 18.6. The van der Waals surface area contributed by atoms with Crippen LogP contribution in [-0.4, -0.2) is 62.9 Å². The molecule has 0 N–H and O–H groups in total. The van der Waals surface area contributed by atoms with Gasteiger partial charge in [0.2, 0.25) is 5.88 Å². The molecule has 4 aromatic carbocycles. The first-order valence-electron chi connectivity index (χ1n) is 16.7.